The predicted molar refractivity (Wildman–Crippen MR) is 80.1 cm³/mol. The van der Waals surface area contributed by atoms with Crippen LogP contribution in [0.15, 0.2) is 49.1 Å². The summed E-state index contributed by atoms with van der Waals surface area (Å²) in [6, 6.07) is 10.2. The van der Waals surface area contributed by atoms with Gasteiger partial charge in [0.15, 0.2) is 17.0 Å². The highest BCUT2D eigenvalue weighted by atomic mass is 15.1. The van der Waals surface area contributed by atoms with Gasteiger partial charge in [0.1, 0.15) is 12.7 Å². The molecule has 100 valence electrons. The van der Waals surface area contributed by atoms with Crippen LogP contribution < -0.4 is 5.32 Å². The van der Waals surface area contributed by atoms with Crippen molar-refractivity contribution in [1.82, 2.24) is 19.5 Å². The van der Waals surface area contributed by atoms with Gasteiger partial charge in [0.2, 0.25) is 0 Å². The van der Waals surface area contributed by atoms with E-state index in [0.29, 0.717) is 6.54 Å². The van der Waals surface area contributed by atoms with Crippen molar-refractivity contribution in [3.05, 3.63) is 54.6 Å². The number of allylic oxidation sites excluding steroid dienone is 1. The van der Waals surface area contributed by atoms with Crippen LogP contribution in [0.3, 0.4) is 0 Å². The molecule has 0 bridgehead atoms. The van der Waals surface area contributed by atoms with E-state index in [2.05, 4.69) is 32.4 Å². The van der Waals surface area contributed by atoms with Gasteiger partial charge in [-0.15, -0.1) is 0 Å². The van der Waals surface area contributed by atoms with Crippen LogP contribution in [-0.2, 0) is 6.54 Å². The molecule has 2 aromatic heterocycles. The van der Waals surface area contributed by atoms with Crippen LogP contribution in [0.1, 0.15) is 12.5 Å². The molecule has 1 N–H and O–H groups in total. The molecule has 0 amide bonds. The summed E-state index contributed by atoms with van der Waals surface area (Å²) in [7, 11) is 0. The van der Waals surface area contributed by atoms with Gasteiger partial charge in [0, 0.05) is 12.7 Å². The Hall–Kier alpha value is -2.69. The molecule has 0 saturated carbocycles. The lowest BCUT2D eigenvalue weighted by atomic mass is 10.2. The summed E-state index contributed by atoms with van der Waals surface area (Å²) in [6.07, 6.45) is 7.16. The Balaban J connectivity index is 1.88. The van der Waals surface area contributed by atoms with Crippen LogP contribution in [0.2, 0.25) is 0 Å². The van der Waals surface area contributed by atoms with Crippen molar-refractivity contribution in [2.24, 2.45) is 0 Å². The summed E-state index contributed by atoms with van der Waals surface area (Å²) >= 11 is 0. The molecule has 0 spiro atoms. The van der Waals surface area contributed by atoms with Gasteiger partial charge in [-0.3, -0.25) is 4.57 Å². The third kappa shape index (κ3) is 2.38. The molecule has 0 aliphatic heterocycles. The summed E-state index contributed by atoms with van der Waals surface area (Å²) in [4.78, 5) is 12.9. The van der Waals surface area contributed by atoms with Crippen molar-refractivity contribution in [2.75, 3.05) is 5.32 Å². The fraction of sp³-hybridized carbons (Fsp3) is 0.133. The van der Waals surface area contributed by atoms with Gasteiger partial charge < -0.3 is 5.32 Å². The van der Waals surface area contributed by atoms with E-state index in [-0.39, 0.29) is 0 Å². The second-order valence-corrected chi connectivity index (χ2v) is 4.37. The molecular formula is C15H15N5. The first-order chi connectivity index (χ1) is 9.88. The summed E-state index contributed by atoms with van der Waals surface area (Å²) in [5.41, 5.74) is 2.78. The minimum Gasteiger partial charge on any atom is -0.364 e. The van der Waals surface area contributed by atoms with E-state index in [9.17, 15) is 0 Å². The Labute approximate surface area is 117 Å². The molecular weight excluding hydrogens is 250 g/mol. The second kappa shape index (κ2) is 5.52. The van der Waals surface area contributed by atoms with Crippen molar-refractivity contribution < 1.29 is 0 Å². The first-order valence-electron chi connectivity index (χ1n) is 6.46. The first-order valence-corrected chi connectivity index (χ1v) is 6.46. The van der Waals surface area contributed by atoms with Crippen molar-refractivity contribution in [3.63, 3.8) is 0 Å². The van der Waals surface area contributed by atoms with Crippen molar-refractivity contribution >= 4 is 23.2 Å². The molecule has 0 unspecified atom stereocenters. The third-order valence-electron chi connectivity index (χ3n) is 2.97. The largest absolute Gasteiger partial charge is 0.364 e. The number of fused-ring (bicyclic) bond motifs is 1. The maximum absolute atomic E-state index is 4.37. The van der Waals surface area contributed by atoms with Gasteiger partial charge in [0.25, 0.3) is 0 Å². The number of nitrogens with one attached hydrogen (secondary N) is 1. The highest BCUT2D eigenvalue weighted by Gasteiger charge is 2.08. The summed E-state index contributed by atoms with van der Waals surface area (Å²) in [5, 5.41) is 3.31. The van der Waals surface area contributed by atoms with Gasteiger partial charge in [-0.25, -0.2) is 15.0 Å². The normalized spacial score (nSPS) is 11.2. The molecule has 0 atom stereocenters. The Bertz CT molecular complexity index is 730. The molecule has 0 saturated heterocycles. The number of anilines is 1. The lowest BCUT2D eigenvalue weighted by Crippen LogP contribution is -2.02. The third-order valence-corrected chi connectivity index (χ3v) is 2.97. The number of aromatic nitrogens is 4. The van der Waals surface area contributed by atoms with Crippen LogP contribution in [0.25, 0.3) is 17.4 Å². The minimum atomic E-state index is 0.712. The van der Waals surface area contributed by atoms with Gasteiger partial charge in [-0.1, -0.05) is 36.4 Å². The van der Waals surface area contributed by atoms with E-state index >= 15 is 0 Å². The molecule has 0 fully saturated rings. The molecule has 20 heavy (non-hydrogen) atoms. The maximum Gasteiger partial charge on any atom is 0.169 e. The highest BCUT2D eigenvalue weighted by molar-refractivity contribution is 5.83. The van der Waals surface area contributed by atoms with E-state index in [1.165, 1.54) is 5.56 Å². The van der Waals surface area contributed by atoms with Crippen LogP contribution >= 0.6 is 0 Å². The van der Waals surface area contributed by atoms with E-state index in [1.54, 1.807) is 12.7 Å². The molecule has 3 rings (SSSR count). The predicted octanol–water partition coefficient (Wildman–Crippen LogP) is 2.93. The van der Waals surface area contributed by atoms with E-state index in [4.69, 9.17) is 0 Å². The van der Waals surface area contributed by atoms with Crippen molar-refractivity contribution in [2.45, 2.75) is 13.5 Å². The van der Waals surface area contributed by atoms with Gasteiger partial charge in [-0.05, 0) is 12.5 Å². The zero-order chi connectivity index (χ0) is 13.8. The molecule has 2 heterocycles. The molecule has 5 heteroatoms. The van der Waals surface area contributed by atoms with E-state index in [0.717, 1.165) is 17.0 Å². The second-order valence-electron chi connectivity index (χ2n) is 4.37. The zero-order valence-electron chi connectivity index (χ0n) is 11.2. The smallest absolute Gasteiger partial charge is 0.169 e. The molecule has 0 radical (unpaired) electrons. The SMILES string of the molecule is CC=Cn1cnc2c(NCc3ccccc3)ncnc21. The number of imidazole rings is 1. The van der Waals surface area contributed by atoms with Crippen LogP contribution in [0, 0.1) is 0 Å². The van der Waals surface area contributed by atoms with Crippen LogP contribution in [0.5, 0.6) is 0 Å². The Kier molecular flexibility index (Phi) is 3.41. The summed E-state index contributed by atoms with van der Waals surface area (Å²) in [5.74, 6) is 0.752. The van der Waals surface area contributed by atoms with Gasteiger partial charge >= 0.3 is 0 Å². The highest BCUT2D eigenvalue weighted by Crippen LogP contribution is 2.18. The zero-order valence-corrected chi connectivity index (χ0v) is 11.2. The molecule has 0 aliphatic rings. The monoisotopic (exact) mass is 265 g/mol. The topological polar surface area (TPSA) is 55.6 Å². The fourth-order valence-corrected chi connectivity index (χ4v) is 2.03. The Morgan fingerprint density at radius 2 is 2.00 bits per heavy atom. The van der Waals surface area contributed by atoms with Crippen LogP contribution in [0.4, 0.5) is 5.82 Å². The number of benzene rings is 1. The quantitative estimate of drug-likeness (QED) is 0.788. The maximum atomic E-state index is 4.37. The molecule has 1 aromatic carbocycles. The number of hydrogen-bond donors (Lipinski definition) is 1. The lowest BCUT2D eigenvalue weighted by molar-refractivity contribution is 1.09. The van der Waals surface area contributed by atoms with Gasteiger partial charge in [-0.2, -0.15) is 0 Å². The summed E-state index contributed by atoms with van der Waals surface area (Å²) in [6.45, 7) is 2.67. The number of hydrogen-bond acceptors (Lipinski definition) is 4. The standard InChI is InChI=1S/C15H15N5/c1-2-8-20-11-19-13-14(17-10-18-15(13)20)16-9-12-6-4-3-5-7-12/h2-8,10-11H,9H2,1H3,(H,16,17,18). The fourth-order valence-electron chi connectivity index (χ4n) is 2.03. The van der Waals surface area contributed by atoms with Gasteiger partial charge in [0.05, 0.1) is 0 Å². The Morgan fingerprint density at radius 3 is 2.80 bits per heavy atom. The van der Waals surface area contributed by atoms with Crippen LogP contribution in [-0.4, -0.2) is 19.5 Å². The number of nitrogens with zero attached hydrogens (tertiary/aromatic N) is 4. The summed E-state index contributed by atoms with van der Waals surface area (Å²) < 4.78 is 1.88. The Morgan fingerprint density at radius 1 is 1.15 bits per heavy atom. The van der Waals surface area contributed by atoms with Crippen molar-refractivity contribution in [3.8, 4) is 0 Å². The number of rotatable bonds is 4. The average molecular weight is 265 g/mol. The molecule has 3 aromatic rings. The van der Waals surface area contributed by atoms with Crippen molar-refractivity contribution in [1.29, 1.82) is 0 Å². The molecule has 5 nitrogen and oxygen atoms in total. The average Bonchev–Trinajstić information content (AvgIpc) is 2.91. The molecule has 0 aliphatic carbocycles. The van der Waals surface area contributed by atoms with E-state index in [1.807, 2.05) is 42.0 Å². The minimum absolute atomic E-state index is 0.712. The lowest BCUT2D eigenvalue weighted by Gasteiger charge is -2.05. The first kappa shape index (κ1) is 12.3. The van der Waals surface area contributed by atoms with E-state index < -0.39 is 0 Å².